The van der Waals surface area contributed by atoms with Crippen molar-refractivity contribution in [1.29, 1.82) is 0 Å². The van der Waals surface area contributed by atoms with E-state index in [0.717, 1.165) is 25.9 Å². The molecule has 3 rings (SSSR count). The van der Waals surface area contributed by atoms with E-state index in [0.29, 0.717) is 11.7 Å². The average molecular weight is 339 g/mol. The third-order valence-electron chi connectivity index (χ3n) is 3.64. The summed E-state index contributed by atoms with van der Waals surface area (Å²) < 4.78 is 46.0. The molecule has 8 heteroatoms. The van der Waals surface area contributed by atoms with Crippen molar-refractivity contribution in [1.82, 2.24) is 9.97 Å². The molecule has 2 aromatic rings. The quantitative estimate of drug-likeness (QED) is 0.854. The first-order valence-electron chi connectivity index (χ1n) is 7.54. The lowest BCUT2D eigenvalue weighted by Crippen LogP contribution is -2.39. The standard InChI is InChI=1S/C16H16F3N3O2/c17-16(18,19)24-14-4-2-12(3-5-14)23-13-6-10-22(11-7-13)15-20-8-1-9-21-15/h1-5,8-9,13H,6-7,10-11H2. The number of ether oxygens (including phenoxy) is 2. The smallest absolute Gasteiger partial charge is 0.490 e. The van der Waals surface area contributed by atoms with Gasteiger partial charge in [-0.3, -0.25) is 0 Å². The second kappa shape index (κ2) is 6.94. The molecule has 1 aliphatic rings. The number of halogens is 3. The van der Waals surface area contributed by atoms with E-state index in [1.54, 1.807) is 18.5 Å². The van der Waals surface area contributed by atoms with Crippen molar-refractivity contribution in [2.75, 3.05) is 18.0 Å². The fourth-order valence-corrected chi connectivity index (χ4v) is 2.54. The number of nitrogens with zero attached hydrogens (tertiary/aromatic N) is 3. The van der Waals surface area contributed by atoms with Gasteiger partial charge in [0, 0.05) is 38.3 Å². The van der Waals surface area contributed by atoms with Gasteiger partial charge < -0.3 is 14.4 Å². The van der Waals surface area contributed by atoms with Gasteiger partial charge in [0.15, 0.2) is 0 Å². The molecule has 0 saturated carbocycles. The zero-order valence-electron chi connectivity index (χ0n) is 12.7. The van der Waals surface area contributed by atoms with E-state index in [9.17, 15) is 13.2 Å². The van der Waals surface area contributed by atoms with Crippen LogP contribution in [-0.2, 0) is 0 Å². The van der Waals surface area contributed by atoms with Gasteiger partial charge in [-0.25, -0.2) is 9.97 Å². The van der Waals surface area contributed by atoms with Crippen LogP contribution < -0.4 is 14.4 Å². The van der Waals surface area contributed by atoms with Crippen LogP contribution in [0, 0.1) is 0 Å². The van der Waals surface area contributed by atoms with Crippen molar-refractivity contribution in [2.45, 2.75) is 25.3 Å². The number of aromatic nitrogens is 2. The van der Waals surface area contributed by atoms with E-state index in [1.807, 2.05) is 0 Å². The Hall–Kier alpha value is -2.51. The van der Waals surface area contributed by atoms with Crippen molar-refractivity contribution < 1.29 is 22.6 Å². The summed E-state index contributed by atoms with van der Waals surface area (Å²) in [5.74, 6) is 0.967. The van der Waals surface area contributed by atoms with Gasteiger partial charge >= 0.3 is 6.36 Å². The normalized spacial score (nSPS) is 16.0. The van der Waals surface area contributed by atoms with Crippen molar-refractivity contribution in [3.05, 3.63) is 42.7 Å². The highest BCUT2D eigenvalue weighted by Crippen LogP contribution is 2.26. The Labute approximate surface area is 137 Å². The lowest BCUT2D eigenvalue weighted by molar-refractivity contribution is -0.274. The second-order valence-electron chi connectivity index (χ2n) is 5.37. The van der Waals surface area contributed by atoms with Crippen LogP contribution in [0.1, 0.15) is 12.8 Å². The summed E-state index contributed by atoms with van der Waals surface area (Å²) in [5, 5.41) is 0. The van der Waals surface area contributed by atoms with Crippen LogP contribution in [0.25, 0.3) is 0 Å². The largest absolute Gasteiger partial charge is 0.573 e. The summed E-state index contributed by atoms with van der Waals surface area (Å²) in [6.07, 6.45) is 0.317. The van der Waals surface area contributed by atoms with Crippen LogP contribution in [0.2, 0.25) is 0 Å². The van der Waals surface area contributed by atoms with E-state index in [1.165, 1.54) is 24.3 Å². The number of benzene rings is 1. The molecule has 1 aromatic heterocycles. The lowest BCUT2D eigenvalue weighted by atomic mass is 10.1. The Bertz CT molecular complexity index is 642. The fraction of sp³-hybridized carbons (Fsp3) is 0.375. The van der Waals surface area contributed by atoms with E-state index >= 15 is 0 Å². The van der Waals surface area contributed by atoms with Crippen LogP contribution in [0.15, 0.2) is 42.7 Å². The summed E-state index contributed by atoms with van der Waals surface area (Å²) in [4.78, 5) is 10.5. The van der Waals surface area contributed by atoms with E-state index in [2.05, 4.69) is 19.6 Å². The summed E-state index contributed by atoms with van der Waals surface area (Å²) >= 11 is 0. The topological polar surface area (TPSA) is 47.5 Å². The predicted molar refractivity (Wildman–Crippen MR) is 81.0 cm³/mol. The second-order valence-corrected chi connectivity index (χ2v) is 5.37. The molecule has 128 valence electrons. The highest BCUT2D eigenvalue weighted by atomic mass is 19.4. The third-order valence-corrected chi connectivity index (χ3v) is 3.64. The minimum Gasteiger partial charge on any atom is -0.490 e. The molecule has 5 nitrogen and oxygen atoms in total. The first kappa shape index (κ1) is 16.4. The number of rotatable bonds is 4. The zero-order valence-corrected chi connectivity index (χ0v) is 12.7. The van der Waals surface area contributed by atoms with Gasteiger partial charge in [0.25, 0.3) is 0 Å². The Kier molecular flexibility index (Phi) is 4.73. The Morgan fingerprint density at radius 1 is 0.958 bits per heavy atom. The summed E-state index contributed by atoms with van der Waals surface area (Å²) in [6, 6.07) is 7.22. The Morgan fingerprint density at radius 2 is 1.54 bits per heavy atom. The van der Waals surface area contributed by atoms with Crippen molar-refractivity contribution in [3.63, 3.8) is 0 Å². The van der Waals surface area contributed by atoms with Gasteiger partial charge in [-0.15, -0.1) is 13.2 Å². The number of hydrogen-bond acceptors (Lipinski definition) is 5. The molecular formula is C16H16F3N3O2. The molecule has 0 aliphatic carbocycles. The fourth-order valence-electron chi connectivity index (χ4n) is 2.54. The van der Waals surface area contributed by atoms with E-state index < -0.39 is 6.36 Å². The number of anilines is 1. The molecule has 0 amide bonds. The van der Waals surface area contributed by atoms with Gasteiger partial charge in [-0.2, -0.15) is 0 Å². The molecular weight excluding hydrogens is 323 g/mol. The maximum absolute atomic E-state index is 12.1. The zero-order chi connectivity index (χ0) is 17.0. The van der Waals surface area contributed by atoms with Gasteiger partial charge in [0.2, 0.25) is 5.95 Å². The maximum atomic E-state index is 12.1. The Morgan fingerprint density at radius 3 is 2.12 bits per heavy atom. The van der Waals surface area contributed by atoms with Crippen molar-refractivity contribution >= 4 is 5.95 Å². The molecule has 0 radical (unpaired) electrons. The molecule has 24 heavy (non-hydrogen) atoms. The van der Waals surface area contributed by atoms with Crippen LogP contribution in [-0.4, -0.2) is 35.5 Å². The maximum Gasteiger partial charge on any atom is 0.573 e. The van der Waals surface area contributed by atoms with Crippen molar-refractivity contribution in [2.24, 2.45) is 0 Å². The van der Waals surface area contributed by atoms with Crippen LogP contribution in [0.5, 0.6) is 11.5 Å². The van der Waals surface area contributed by atoms with Crippen LogP contribution in [0.3, 0.4) is 0 Å². The van der Waals surface area contributed by atoms with Gasteiger partial charge in [0.05, 0.1) is 0 Å². The molecule has 0 N–H and O–H groups in total. The van der Waals surface area contributed by atoms with Gasteiger partial charge in [-0.05, 0) is 30.3 Å². The monoisotopic (exact) mass is 339 g/mol. The SMILES string of the molecule is FC(F)(F)Oc1ccc(OC2CCN(c3ncccn3)CC2)cc1. The minimum atomic E-state index is -4.69. The summed E-state index contributed by atoms with van der Waals surface area (Å²) in [6.45, 7) is 1.54. The van der Waals surface area contributed by atoms with Gasteiger partial charge in [0.1, 0.15) is 17.6 Å². The first-order valence-corrected chi connectivity index (χ1v) is 7.54. The Balaban J connectivity index is 1.51. The molecule has 0 bridgehead atoms. The average Bonchev–Trinajstić information content (AvgIpc) is 2.57. The summed E-state index contributed by atoms with van der Waals surface area (Å²) in [5.41, 5.74) is 0. The summed E-state index contributed by atoms with van der Waals surface area (Å²) in [7, 11) is 0. The highest BCUT2D eigenvalue weighted by Gasteiger charge is 2.31. The molecule has 0 atom stereocenters. The van der Waals surface area contributed by atoms with E-state index in [4.69, 9.17) is 4.74 Å². The molecule has 2 heterocycles. The van der Waals surface area contributed by atoms with Crippen LogP contribution >= 0.6 is 0 Å². The molecule has 1 aliphatic heterocycles. The van der Waals surface area contributed by atoms with E-state index in [-0.39, 0.29) is 11.9 Å². The lowest BCUT2D eigenvalue weighted by Gasteiger charge is -2.32. The first-order chi connectivity index (χ1) is 11.5. The predicted octanol–water partition coefficient (Wildman–Crippen LogP) is 3.42. The number of hydrogen-bond donors (Lipinski definition) is 0. The molecule has 1 aromatic carbocycles. The number of piperidine rings is 1. The minimum absolute atomic E-state index is 0.0133. The molecule has 1 saturated heterocycles. The highest BCUT2D eigenvalue weighted by molar-refractivity contribution is 5.32. The molecule has 1 fully saturated rings. The third kappa shape index (κ3) is 4.50. The molecule has 0 unspecified atom stereocenters. The number of alkyl halides is 3. The van der Waals surface area contributed by atoms with Gasteiger partial charge in [-0.1, -0.05) is 0 Å². The van der Waals surface area contributed by atoms with Crippen LogP contribution in [0.4, 0.5) is 19.1 Å². The molecule has 0 spiro atoms. The van der Waals surface area contributed by atoms with Crippen molar-refractivity contribution in [3.8, 4) is 11.5 Å².